The van der Waals surface area contributed by atoms with E-state index < -0.39 is 6.09 Å². The number of amides is 1. The summed E-state index contributed by atoms with van der Waals surface area (Å²) in [6.45, 7) is 0.751. The van der Waals surface area contributed by atoms with Gasteiger partial charge < -0.3 is 23.7 Å². The van der Waals surface area contributed by atoms with E-state index in [-0.39, 0.29) is 6.10 Å². The first-order chi connectivity index (χ1) is 17.2. The summed E-state index contributed by atoms with van der Waals surface area (Å²) in [5, 5.41) is 0.886. The molecular formula is C27H26N2O6. The van der Waals surface area contributed by atoms with Gasteiger partial charge in [0, 0.05) is 18.0 Å². The van der Waals surface area contributed by atoms with Gasteiger partial charge in [-0.1, -0.05) is 30.4 Å². The van der Waals surface area contributed by atoms with Gasteiger partial charge in [-0.25, -0.2) is 9.69 Å². The fourth-order valence-electron chi connectivity index (χ4n) is 4.01. The second kappa shape index (κ2) is 10.4. The quantitative estimate of drug-likeness (QED) is 0.477. The largest absolute Gasteiger partial charge is 0.497 e. The number of allylic oxidation sites excluding steroid dienone is 4. The first kappa shape index (κ1) is 22.6. The van der Waals surface area contributed by atoms with Crippen LogP contribution in [0.1, 0.15) is 19.3 Å². The molecule has 1 aromatic heterocycles. The molecule has 2 aromatic rings. The van der Waals surface area contributed by atoms with Gasteiger partial charge in [0.15, 0.2) is 12.0 Å². The van der Waals surface area contributed by atoms with E-state index in [4.69, 9.17) is 23.7 Å². The van der Waals surface area contributed by atoms with Crippen LogP contribution in [0.5, 0.6) is 11.5 Å². The molecule has 1 saturated heterocycles. The number of cyclic esters (lactones) is 1. The third kappa shape index (κ3) is 5.16. The Morgan fingerprint density at radius 3 is 3.03 bits per heavy atom. The number of hydrogen-bond acceptors (Lipinski definition) is 7. The van der Waals surface area contributed by atoms with Crippen LogP contribution < -0.4 is 9.47 Å². The normalized spacial score (nSPS) is 19.6. The van der Waals surface area contributed by atoms with Gasteiger partial charge in [0.25, 0.3) is 0 Å². The van der Waals surface area contributed by atoms with Crippen molar-refractivity contribution < 1.29 is 28.5 Å². The van der Waals surface area contributed by atoms with Gasteiger partial charge in [0.05, 0.1) is 19.2 Å². The molecule has 8 heteroatoms. The van der Waals surface area contributed by atoms with Crippen molar-refractivity contribution in [2.24, 2.45) is 0 Å². The summed E-state index contributed by atoms with van der Waals surface area (Å²) in [5.74, 6) is 2.42. The second-order valence-electron chi connectivity index (χ2n) is 8.16. The van der Waals surface area contributed by atoms with Crippen molar-refractivity contribution in [3.8, 4) is 11.5 Å². The number of hydrogen-bond donors (Lipinski definition) is 0. The molecule has 0 radical (unpaired) electrons. The van der Waals surface area contributed by atoms with Crippen LogP contribution in [0.3, 0.4) is 0 Å². The predicted octanol–water partition coefficient (Wildman–Crippen LogP) is 5.35. The van der Waals surface area contributed by atoms with Gasteiger partial charge >= 0.3 is 6.09 Å². The highest BCUT2D eigenvalue weighted by atomic mass is 16.6. The Morgan fingerprint density at radius 1 is 1.23 bits per heavy atom. The number of nitrogens with zero attached hydrogens (tertiary/aromatic N) is 2. The van der Waals surface area contributed by atoms with Crippen molar-refractivity contribution in [3.63, 3.8) is 0 Å². The molecule has 3 heterocycles. The van der Waals surface area contributed by atoms with Gasteiger partial charge in [-0.2, -0.15) is 0 Å². The smallest absolute Gasteiger partial charge is 0.417 e. The minimum Gasteiger partial charge on any atom is -0.497 e. The van der Waals surface area contributed by atoms with Gasteiger partial charge in [-0.05, 0) is 42.7 Å². The van der Waals surface area contributed by atoms with Crippen LogP contribution in [-0.4, -0.2) is 42.3 Å². The third-order valence-electron chi connectivity index (χ3n) is 5.84. The minimum absolute atomic E-state index is 0.291. The lowest BCUT2D eigenvalue weighted by atomic mass is 10.0. The summed E-state index contributed by atoms with van der Waals surface area (Å²) >= 11 is 0. The van der Waals surface area contributed by atoms with E-state index in [9.17, 15) is 4.79 Å². The minimum atomic E-state index is -0.453. The molecule has 5 rings (SSSR count). The second-order valence-corrected chi connectivity index (χ2v) is 8.16. The predicted molar refractivity (Wildman–Crippen MR) is 129 cm³/mol. The molecule has 1 atom stereocenters. The average Bonchev–Trinajstić information content (AvgIpc) is 3.29. The van der Waals surface area contributed by atoms with E-state index in [0.29, 0.717) is 31.2 Å². The van der Waals surface area contributed by atoms with Crippen molar-refractivity contribution in [1.82, 2.24) is 9.88 Å². The Hall–Kier alpha value is -4.20. The molecule has 1 amide bonds. The van der Waals surface area contributed by atoms with E-state index in [1.54, 1.807) is 19.6 Å². The Balaban J connectivity index is 1.13. The van der Waals surface area contributed by atoms with Crippen LogP contribution in [0.25, 0.3) is 10.9 Å². The zero-order valence-corrected chi connectivity index (χ0v) is 19.4. The van der Waals surface area contributed by atoms with E-state index >= 15 is 0 Å². The summed E-state index contributed by atoms with van der Waals surface area (Å²) < 4.78 is 28.1. The number of methoxy groups -OCH3 is 1. The van der Waals surface area contributed by atoms with Crippen molar-refractivity contribution >= 4 is 17.0 Å². The van der Waals surface area contributed by atoms with Crippen molar-refractivity contribution in [3.05, 3.63) is 90.6 Å². The highest BCUT2D eigenvalue weighted by Crippen LogP contribution is 2.30. The lowest BCUT2D eigenvalue weighted by molar-refractivity contribution is 0.119. The maximum atomic E-state index is 12.4. The summed E-state index contributed by atoms with van der Waals surface area (Å²) in [4.78, 5) is 18.2. The van der Waals surface area contributed by atoms with Crippen LogP contribution in [0.15, 0.2) is 90.6 Å². The Kier molecular flexibility index (Phi) is 6.70. The fourth-order valence-corrected chi connectivity index (χ4v) is 4.01. The lowest BCUT2D eigenvalue weighted by Crippen LogP contribution is -2.27. The molecule has 0 N–H and O–H groups in total. The Bertz CT molecular complexity index is 1260. The van der Waals surface area contributed by atoms with Crippen LogP contribution in [0, 0.1) is 0 Å². The van der Waals surface area contributed by atoms with Crippen molar-refractivity contribution in [1.29, 1.82) is 0 Å². The van der Waals surface area contributed by atoms with E-state index in [0.717, 1.165) is 40.8 Å². The lowest BCUT2D eigenvalue weighted by Gasteiger charge is -2.23. The van der Waals surface area contributed by atoms with E-state index in [2.05, 4.69) is 11.1 Å². The molecule has 180 valence electrons. The van der Waals surface area contributed by atoms with Gasteiger partial charge in [-0.3, -0.25) is 4.98 Å². The molecule has 3 aliphatic rings. The zero-order chi connectivity index (χ0) is 24.0. The Morgan fingerprint density at radius 2 is 2.17 bits per heavy atom. The first-order valence-corrected chi connectivity index (χ1v) is 11.5. The number of rotatable bonds is 8. The first-order valence-electron chi connectivity index (χ1n) is 11.5. The van der Waals surface area contributed by atoms with Gasteiger partial charge in [0.2, 0.25) is 5.88 Å². The summed E-state index contributed by atoms with van der Waals surface area (Å²) in [6.07, 6.45) is 16.3. The number of ether oxygens (including phenoxy) is 5. The monoisotopic (exact) mass is 474 g/mol. The maximum Gasteiger partial charge on any atom is 0.417 e. The summed E-state index contributed by atoms with van der Waals surface area (Å²) in [5.41, 5.74) is 1.87. The van der Waals surface area contributed by atoms with E-state index in [1.807, 2.05) is 48.6 Å². The molecule has 0 saturated carbocycles. The number of carbonyl (C=O) groups excluding carboxylic acids is 1. The Labute approximate surface area is 203 Å². The maximum absolute atomic E-state index is 12.4. The highest BCUT2D eigenvalue weighted by molar-refractivity contribution is 5.86. The molecule has 1 aliphatic carbocycles. The third-order valence-corrected chi connectivity index (χ3v) is 5.84. The molecule has 8 nitrogen and oxygen atoms in total. The fraction of sp³-hybridized carbons (Fsp3) is 0.259. The molecule has 2 aliphatic heterocycles. The topological polar surface area (TPSA) is 79.4 Å². The standard InChI is InChI=1S/C27H26N2O6/c1-31-20-10-11-23-22(15-20)24(12-13-28-23)33-14-6-5-9-21-16-29(27(30)34-21)26-18-32-17-25(35-26)19-7-3-2-4-8-19/h2-3,5-7,10-13,15,17-18,21H,4,8-9,14,16H2,1H3/b6-5+/t21-/m1/s1. The van der Waals surface area contributed by atoms with Gasteiger partial charge in [-0.15, -0.1) is 0 Å². The molecular weight excluding hydrogens is 448 g/mol. The molecule has 0 spiro atoms. The summed E-state index contributed by atoms with van der Waals surface area (Å²) in [6, 6.07) is 7.50. The van der Waals surface area contributed by atoms with Crippen LogP contribution in [0.2, 0.25) is 0 Å². The van der Waals surface area contributed by atoms with Crippen LogP contribution >= 0.6 is 0 Å². The highest BCUT2D eigenvalue weighted by Gasteiger charge is 2.35. The number of carbonyl (C=O) groups is 1. The van der Waals surface area contributed by atoms with E-state index in [1.165, 1.54) is 11.2 Å². The van der Waals surface area contributed by atoms with Gasteiger partial charge in [0.1, 0.15) is 30.5 Å². The number of fused-ring (bicyclic) bond motifs is 1. The molecule has 0 unspecified atom stereocenters. The zero-order valence-electron chi connectivity index (χ0n) is 19.4. The van der Waals surface area contributed by atoms with Crippen LogP contribution in [-0.2, 0) is 14.2 Å². The number of pyridine rings is 1. The summed E-state index contributed by atoms with van der Waals surface area (Å²) in [7, 11) is 1.63. The van der Waals surface area contributed by atoms with Crippen LogP contribution in [0.4, 0.5) is 4.79 Å². The molecule has 1 fully saturated rings. The number of aromatic nitrogens is 1. The molecule has 1 aromatic carbocycles. The average molecular weight is 475 g/mol. The van der Waals surface area contributed by atoms with Crippen molar-refractivity contribution in [2.75, 3.05) is 20.3 Å². The molecule has 35 heavy (non-hydrogen) atoms. The SMILES string of the molecule is COc1ccc2nccc(OC/C=C/C[C@@H]3CN(C4=COC=C(C5=CC=CCC5)O4)C(=O)O3)c2c1. The van der Waals surface area contributed by atoms with Crippen molar-refractivity contribution in [2.45, 2.75) is 25.4 Å². The molecule has 0 bridgehead atoms. The number of benzene rings is 1.